The summed E-state index contributed by atoms with van der Waals surface area (Å²) < 4.78 is 1.89. The smallest absolute Gasteiger partial charge is 0.196 e. The zero-order valence-corrected chi connectivity index (χ0v) is 11.3. The van der Waals surface area contributed by atoms with Gasteiger partial charge in [-0.15, -0.1) is 10.2 Å². The second kappa shape index (κ2) is 4.85. The Morgan fingerprint density at radius 3 is 2.56 bits per heavy atom. The van der Waals surface area contributed by atoms with Crippen molar-refractivity contribution in [2.75, 3.05) is 0 Å². The second-order valence-corrected chi connectivity index (χ2v) is 4.45. The largest absolute Gasteiger partial charge is 0.324 e. The molecule has 0 aliphatic rings. The van der Waals surface area contributed by atoms with E-state index in [1.807, 2.05) is 18.5 Å². The summed E-state index contributed by atoms with van der Waals surface area (Å²) in [5, 5.41) is 16.4. The Morgan fingerprint density at radius 1 is 1.28 bits per heavy atom. The Morgan fingerprint density at radius 2 is 2.00 bits per heavy atom. The summed E-state index contributed by atoms with van der Waals surface area (Å²) >= 11 is 0. The van der Waals surface area contributed by atoms with Crippen LogP contribution in [0.4, 0.5) is 0 Å². The molecule has 2 heterocycles. The van der Waals surface area contributed by atoms with Crippen LogP contribution >= 0.6 is 0 Å². The number of tetrazole rings is 1. The molecule has 0 aromatic carbocycles. The fourth-order valence-corrected chi connectivity index (χ4v) is 2.13. The van der Waals surface area contributed by atoms with Crippen LogP contribution in [-0.4, -0.2) is 30.0 Å². The average molecular weight is 249 g/mol. The summed E-state index contributed by atoms with van der Waals surface area (Å²) in [6.07, 6.45) is 0.900. The summed E-state index contributed by atoms with van der Waals surface area (Å²) in [5.74, 6) is 0.653. The molecular formula is C11H19N7. The van der Waals surface area contributed by atoms with Crippen molar-refractivity contribution in [3.05, 3.63) is 22.8 Å². The summed E-state index contributed by atoms with van der Waals surface area (Å²) in [6, 6.07) is 0.0357. The molecule has 1 unspecified atom stereocenters. The third kappa shape index (κ3) is 2.26. The van der Waals surface area contributed by atoms with Gasteiger partial charge in [-0.3, -0.25) is 4.68 Å². The van der Waals surface area contributed by atoms with Gasteiger partial charge in [0.25, 0.3) is 0 Å². The summed E-state index contributed by atoms with van der Waals surface area (Å²) in [6.45, 7) is 6.61. The van der Waals surface area contributed by atoms with E-state index in [0.29, 0.717) is 12.4 Å². The highest BCUT2D eigenvalue weighted by Crippen LogP contribution is 2.22. The van der Waals surface area contributed by atoms with Crippen LogP contribution in [-0.2, 0) is 13.6 Å². The van der Waals surface area contributed by atoms with E-state index in [1.54, 1.807) is 7.05 Å². The molecule has 0 aliphatic carbocycles. The molecule has 1 atom stereocenters. The van der Waals surface area contributed by atoms with Crippen LogP contribution in [0.25, 0.3) is 0 Å². The molecule has 0 saturated carbocycles. The highest BCUT2D eigenvalue weighted by atomic mass is 15.6. The maximum atomic E-state index is 6.11. The Bertz CT molecular complexity index is 540. The molecule has 98 valence electrons. The molecule has 2 rings (SSSR count). The fraction of sp³-hybridized carbons (Fsp3) is 0.636. The molecule has 7 nitrogen and oxygen atoms in total. The van der Waals surface area contributed by atoms with E-state index in [9.17, 15) is 0 Å². The predicted octanol–water partition coefficient (Wildman–Crippen LogP) is 0.482. The zero-order chi connectivity index (χ0) is 13.3. The van der Waals surface area contributed by atoms with Crippen molar-refractivity contribution in [3.8, 4) is 0 Å². The Labute approximate surface area is 106 Å². The molecule has 0 aliphatic heterocycles. The highest BCUT2D eigenvalue weighted by Gasteiger charge is 2.17. The first kappa shape index (κ1) is 12.7. The van der Waals surface area contributed by atoms with E-state index in [-0.39, 0.29) is 6.04 Å². The van der Waals surface area contributed by atoms with E-state index >= 15 is 0 Å². The van der Waals surface area contributed by atoms with Crippen molar-refractivity contribution >= 4 is 0 Å². The minimum absolute atomic E-state index is 0.0357. The lowest BCUT2D eigenvalue weighted by molar-refractivity contribution is 0.608. The lowest BCUT2D eigenvalue weighted by Gasteiger charge is -2.09. The van der Waals surface area contributed by atoms with Gasteiger partial charge in [-0.2, -0.15) is 9.90 Å². The maximum absolute atomic E-state index is 6.11. The number of nitrogens with zero attached hydrogens (tertiary/aromatic N) is 6. The third-order valence-corrected chi connectivity index (χ3v) is 3.09. The van der Waals surface area contributed by atoms with Gasteiger partial charge in [0.1, 0.15) is 6.54 Å². The number of aromatic nitrogens is 6. The van der Waals surface area contributed by atoms with Crippen LogP contribution in [0.5, 0.6) is 0 Å². The number of nitrogens with two attached hydrogens (primary N) is 1. The lowest BCUT2D eigenvalue weighted by Crippen LogP contribution is -2.12. The molecular weight excluding hydrogens is 230 g/mol. The van der Waals surface area contributed by atoms with Crippen LogP contribution < -0.4 is 5.73 Å². The molecule has 0 spiro atoms. The summed E-state index contributed by atoms with van der Waals surface area (Å²) in [5.41, 5.74) is 9.29. The van der Waals surface area contributed by atoms with Crippen LogP contribution in [0, 0.1) is 13.8 Å². The third-order valence-electron chi connectivity index (χ3n) is 3.09. The Kier molecular flexibility index (Phi) is 3.42. The second-order valence-electron chi connectivity index (χ2n) is 4.45. The molecule has 7 heteroatoms. The van der Waals surface area contributed by atoms with Crippen molar-refractivity contribution < 1.29 is 0 Å². The van der Waals surface area contributed by atoms with Gasteiger partial charge < -0.3 is 5.73 Å². The molecule has 0 amide bonds. The number of hydrogen-bond acceptors (Lipinski definition) is 5. The van der Waals surface area contributed by atoms with Crippen LogP contribution in [0.3, 0.4) is 0 Å². The molecule has 2 N–H and O–H groups in total. The predicted molar refractivity (Wildman–Crippen MR) is 66.8 cm³/mol. The van der Waals surface area contributed by atoms with Crippen molar-refractivity contribution in [1.29, 1.82) is 0 Å². The summed E-state index contributed by atoms with van der Waals surface area (Å²) in [7, 11) is 1.75. The van der Waals surface area contributed by atoms with E-state index < -0.39 is 0 Å². The van der Waals surface area contributed by atoms with Gasteiger partial charge in [0.05, 0.1) is 12.7 Å². The van der Waals surface area contributed by atoms with Gasteiger partial charge in [0.15, 0.2) is 5.82 Å². The quantitative estimate of drug-likeness (QED) is 0.851. The van der Waals surface area contributed by atoms with Gasteiger partial charge in [0.2, 0.25) is 0 Å². The zero-order valence-electron chi connectivity index (χ0n) is 11.3. The van der Waals surface area contributed by atoms with Gasteiger partial charge in [0, 0.05) is 17.3 Å². The minimum atomic E-state index is 0.0357. The normalized spacial score (nSPS) is 12.9. The van der Waals surface area contributed by atoms with E-state index in [2.05, 4.69) is 27.4 Å². The highest BCUT2D eigenvalue weighted by molar-refractivity contribution is 5.28. The van der Waals surface area contributed by atoms with E-state index in [4.69, 9.17) is 5.73 Å². The molecule has 0 bridgehead atoms. The Hall–Kier alpha value is -1.76. The standard InChI is InChI=1S/C11H19N7/c1-5-9(12)11-7(2)14-18(8(11)3)6-10-13-16-17(4)15-10/h9H,5-6,12H2,1-4H3. The lowest BCUT2D eigenvalue weighted by atomic mass is 10.0. The maximum Gasteiger partial charge on any atom is 0.196 e. The first-order chi connectivity index (χ1) is 8.52. The van der Waals surface area contributed by atoms with E-state index in [0.717, 1.165) is 23.4 Å². The average Bonchev–Trinajstić information content (AvgIpc) is 2.84. The van der Waals surface area contributed by atoms with Gasteiger partial charge in [-0.1, -0.05) is 6.92 Å². The number of aryl methyl sites for hydroxylation is 2. The van der Waals surface area contributed by atoms with Crippen LogP contribution in [0.15, 0.2) is 0 Å². The fourth-order valence-electron chi connectivity index (χ4n) is 2.13. The van der Waals surface area contributed by atoms with Crippen molar-refractivity contribution in [2.24, 2.45) is 12.8 Å². The minimum Gasteiger partial charge on any atom is -0.324 e. The molecule has 0 fully saturated rings. The van der Waals surface area contributed by atoms with Gasteiger partial charge in [-0.25, -0.2) is 0 Å². The van der Waals surface area contributed by atoms with Crippen molar-refractivity contribution in [3.63, 3.8) is 0 Å². The monoisotopic (exact) mass is 249 g/mol. The van der Waals surface area contributed by atoms with Crippen molar-refractivity contribution in [2.45, 2.75) is 39.8 Å². The first-order valence-corrected chi connectivity index (χ1v) is 6.05. The number of rotatable bonds is 4. The topological polar surface area (TPSA) is 87.4 Å². The molecule has 0 saturated heterocycles. The molecule has 2 aromatic rings. The Balaban J connectivity index is 2.29. The summed E-state index contributed by atoms with van der Waals surface area (Å²) in [4.78, 5) is 1.44. The molecule has 18 heavy (non-hydrogen) atoms. The SMILES string of the molecule is CCC(N)c1c(C)nn(Cc2nnn(C)n2)c1C. The van der Waals surface area contributed by atoms with Crippen LogP contribution in [0.2, 0.25) is 0 Å². The van der Waals surface area contributed by atoms with Crippen molar-refractivity contribution in [1.82, 2.24) is 30.0 Å². The van der Waals surface area contributed by atoms with Crippen LogP contribution in [0.1, 0.15) is 42.2 Å². The van der Waals surface area contributed by atoms with Gasteiger partial charge in [-0.05, 0) is 25.5 Å². The number of hydrogen-bond donors (Lipinski definition) is 1. The van der Waals surface area contributed by atoms with Gasteiger partial charge >= 0.3 is 0 Å². The van der Waals surface area contributed by atoms with E-state index in [1.165, 1.54) is 4.80 Å². The molecule has 0 radical (unpaired) electrons. The molecule has 2 aromatic heterocycles. The first-order valence-electron chi connectivity index (χ1n) is 6.05.